The van der Waals surface area contributed by atoms with Crippen molar-refractivity contribution in [1.82, 2.24) is 5.32 Å². The molecule has 0 saturated carbocycles. The van der Waals surface area contributed by atoms with E-state index in [2.05, 4.69) is 10.3 Å². The fraction of sp³-hybridized carbons (Fsp3) is 0.167. The Balaban J connectivity index is 2.90. The summed E-state index contributed by atoms with van der Waals surface area (Å²) in [6.07, 6.45) is 1.13. The van der Waals surface area contributed by atoms with E-state index < -0.39 is 5.91 Å². The number of carbonyl (C=O) groups is 2. The van der Waals surface area contributed by atoms with Gasteiger partial charge in [-0.25, -0.2) is 4.99 Å². The maximum absolute atomic E-state index is 10.8. The monoisotopic (exact) mass is 153 g/mol. The second-order valence-electron chi connectivity index (χ2n) is 2.09. The van der Waals surface area contributed by atoms with Gasteiger partial charge >= 0.3 is 0 Å². The van der Waals surface area contributed by atoms with Gasteiger partial charge in [-0.3, -0.25) is 14.9 Å². The lowest BCUT2D eigenvalue weighted by atomic mass is 10.3. The first-order chi connectivity index (χ1) is 5.09. The highest BCUT2D eigenvalue weighted by Gasteiger charge is 2.17. The number of aliphatic imine (C=N–C) groups is 1. The Morgan fingerprint density at radius 3 is 2.73 bits per heavy atom. The topological polar surface area (TPSA) is 84.6 Å². The van der Waals surface area contributed by atoms with E-state index in [-0.39, 0.29) is 17.4 Å². The molecule has 0 atom stereocenters. The summed E-state index contributed by atoms with van der Waals surface area (Å²) >= 11 is 0. The van der Waals surface area contributed by atoms with Gasteiger partial charge in [0.15, 0.2) is 5.78 Å². The second-order valence-corrected chi connectivity index (χ2v) is 2.09. The van der Waals surface area contributed by atoms with Crippen molar-refractivity contribution in [3.63, 3.8) is 0 Å². The van der Waals surface area contributed by atoms with Crippen LogP contribution in [-0.4, -0.2) is 17.6 Å². The number of allylic oxidation sites excluding steroid dienone is 1. The lowest BCUT2D eigenvalue weighted by molar-refractivity contribution is -0.117. The van der Waals surface area contributed by atoms with E-state index in [1.54, 1.807) is 0 Å². The molecule has 1 heterocycles. The summed E-state index contributed by atoms with van der Waals surface area (Å²) < 4.78 is 0. The first-order valence-electron chi connectivity index (χ1n) is 2.97. The molecule has 0 spiro atoms. The highest BCUT2D eigenvalue weighted by molar-refractivity contribution is 6.13. The molecular weight excluding hydrogens is 146 g/mol. The van der Waals surface area contributed by atoms with Crippen LogP contribution in [0.4, 0.5) is 0 Å². The molecule has 0 fully saturated rings. The van der Waals surface area contributed by atoms with E-state index >= 15 is 0 Å². The molecule has 58 valence electrons. The van der Waals surface area contributed by atoms with Crippen LogP contribution in [0.3, 0.4) is 0 Å². The predicted molar refractivity (Wildman–Crippen MR) is 38.5 cm³/mol. The summed E-state index contributed by atoms with van der Waals surface area (Å²) in [6, 6.07) is 0. The smallest absolute Gasteiger partial charge is 0.276 e. The van der Waals surface area contributed by atoms with Crippen LogP contribution in [0.2, 0.25) is 0 Å². The molecule has 0 aromatic heterocycles. The number of carbonyl (C=O) groups excluding carboxylic acids is 2. The maximum Gasteiger partial charge on any atom is 0.276 e. The van der Waals surface area contributed by atoms with Crippen LogP contribution < -0.4 is 11.1 Å². The molecule has 5 heteroatoms. The Bertz CT molecular complexity index is 278. The zero-order chi connectivity index (χ0) is 8.43. The minimum Gasteiger partial charge on any atom is -0.369 e. The van der Waals surface area contributed by atoms with E-state index in [9.17, 15) is 9.59 Å². The van der Waals surface area contributed by atoms with Crippen LogP contribution >= 0.6 is 0 Å². The number of nitrogens with zero attached hydrogens (tertiary/aromatic N) is 1. The summed E-state index contributed by atoms with van der Waals surface area (Å²) in [7, 11) is 0. The third kappa shape index (κ3) is 1.64. The zero-order valence-corrected chi connectivity index (χ0v) is 5.92. The molecule has 5 nitrogen and oxygen atoms in total. The normalized spacial score (nSPS) is 19.9. The summed E-state index contributed by atoms with van der Waals surface area (Å²) in [5, 5.41) is 2.24. The Morgan fingerprint density at radius 1 is 1.73 bits per heavy atom. The van der Waals surface area contributed by atoms with Crippen molar-refractivity contribution in [2.24, 2.45) is 10.7 Å². The SMILES string of the molecule is CC(=O)/C=C1/N=C(N)NC1=O. The van der Waals surface area contributed by atoms with E-state index in [1.807, 2.05) is 0 Å². The zero-order valence-electron chi connectivity index (χ0n) is 5.92. The van der Waals surface area contributed by atoms with Crippen molar-refractivity contribution in [3.8, 4) is 0 Å². The molecule has 0 bridgehead atoms. The maximum atomic E-state index is 10.8. The standard InChI is InChI=1S/C6H7N3O2/c1-3(10)2-4-5(11)9-6(7)8-4/h2H,1H3,(H3,7,8,9,11)/b4-2+. The largest absolute Gasteiger partial charge is 0.369 e. The Kier molecular flexibility index (Phi) is 1.72. The van der Waals surface area contributed by atoms with E-state index in [4.69, 9.17) is 5.73 Å². The van der Waals surface area contributed by atoms with Crippen LogP contribution in [0.5, 0.6) is 0 Å². The van der Waals surface area contributed by atoms with Crippen LogP contribution in [0.1, 0.15) is 6.92 Å². The van der Waals surface area contributed by atoms with Crippen molar-refractivity contribution in [2.45, 2.75) is 6.92 Å². The van der Waals surface area contributed by atoms with Gasteiger partial charge in [-0.05, 0) is 6.92 Å². The van der Waals surface area contributed by atoms with E-state index in [1.165, 1.54) is 6.92 Å². The van der Waals surface area contributed by atoms with E-state index in [0.717, 1.165) is 6.08 Å². The number of hydrogen-bond acceptors (Lipinski definition) is 4. The number of ketones is 1. The van der Waals surface area contributed by atoms with Crippen molar-refractivity contribution in [1.29, 1.82) is 0 Å². The van der Waals surface area contributed by atoms with Gasteiger partial charge in [-0.1, -0.05) is 0 Å². The lowest BCUT2D eigenvalue weighted by Gasteiger charge is -1.87. The Morgan fingerprint density at radius 2 is 2.36 bits per heavy atom. The number of nitrogens with two attached hydrogens (primary N) is 1. The van der Waals surface area contributed by atoms with Gasteiger partial charge in [0, 0.05) is 6.08 Å². The molecule has 1 rings (SSSR count). The number of amides is 1. The number of guanidine groups is 1. The van der Waals surface area contributed by atoms with Crippen LogP contribution in [0, 0.1) is 0 Å². The average Bonchev–Trinajstić information content (AvgIpc) is 2.09. The van der Waals surface area contributed by atoms with Gasteiger partial charge in [-0.2, -0.15) is 0 Å². The van der Waals surface area contributed by atoms with Crippen molar-refractivity contribution >= 4 is 17.6 Å². The molecule has 0 aromatic rings. The minimum absolute atomic E-state index is 0.0301. The van der Waals surface area contributed by atoms with Gasteiger partial charge < -0.3 is 5.73 Å². The third-order valence-corrected chi connectivity index (χ3v) is 1.06. The van der Waals surface area contributed by atoms with Gasteiger partial charge in [0.1, 0.15) is 5.70 Å². The van der Waals surface area contributed by atoms with Gasteiger partial charge in [-0.15, -0.1) is 0 Å². The predicted octanol–water partition coefficient (Wildman–Crippen LogP) is -1.10. The first kappa shape index (κ1) is 7.46. The molecule has 0 saturated heterocycles. The van der Waals surface area contributed by atoms with Gasteiger partial charge in [0.05, 0.1) is 0 Å². The quantitative estimate of drug-likeness (QED) is 0.469. The molecule has 1 aliphatic rings. The average molecular weight is 153 g/mol. The molecule has 0 aromatic carbocycles. The molecule has 3 N–H and O–H groups in total. The summed E-state index contributed by atoms with van der Waals surface area (Å²) in [4.78, 5) is 24.9. The van der Waals surface area contributed by atoms with Crippen molar-refractivity contribution < 1.29 is 9.59 Å². The summed E-state index contributed by atoms with van der Waals surface area (Å²) in [5.41, 5.74) is 5.22. The Labute approximate surface area is 63.0 Å². The van der Waals surface area contributed by atoms with Gasteiger partial charge in [0.2, 0.25) is 5.96 Å². The summed E-state index contributed by atoms with van der Waals surface area (Å²) in [6.45, 7) is 1.34. The molecule has 0 radical (unpaired) electrons. The fourth-order valence-electron chi connectivity index (χ4n) is 0.679. The minimum atomic E-state index is -0.433. The highest BCUT2D eigenvalue weighted by Crippen LogP contribution is 2.01. The molecule has 11 heavy (non-hydrogen) atoms. The molecule has 0 aliphatic carbocycles. The first-order valence-corrected chi connectivity index (χ1v) is 2.97. The molecule has 1 amide bonds. The molecule has 1 aliphatic heterocycles. The van der Waals surface area contributed by atoms with Crippen LogP contribution in [0.25, 0.3) is 0 Å². The van der Waals surface area contributed by atoms with Crippen LogP contribution in [0.15, 0.2) is 16.8 Å². The van der Waals surface area contributed by atoms with Crippen LogP contribution in [-0.2, 0) is 9.59 Å². The fourth-order valence-corrected chi connectivity index (χ4v) is 0.679. The number of hydrogen-bond donors (Lipinski definition) is 2. The number of rotatable bonds is 1. The second kappa shape index (κ2) is 2.53. The third-order valence-electron chi connectivity index (χ3n) is 1.06. The van der Waals surface area contributed by atoms with Crippen molar-refractivity contribution in [3.05, 3.63) is 11.8 Å². The number of nitrogens with one attached hydrogen (secondary N) is 1. The molecule has 0 unspecified atom stereocenters. The highest BCUT2D eigenvalue weighted by atomic mass is 16.2. The summed E-state index contributed by atoms with van der Waals surface area (Å²) in [5.74, 6) is -0.631. The van der Waals surface area contributed by atoms with E-state index in [0.29, 0.717) is 0 Å². The lowest BCUT2D eigenvalue weighted by Crippen LogP contribution is -2.30. The van der Waals surface area contributed by atoms with Crippen molar-refractivity contribution in [2.75, 3.05) is 0 Å². The Hall–Kier alpha value is -1.65. The molecular formula is C6H7N3O2. The van der Waals surface area contributed by atoms with Gasteiger partial charge in [0.25, 0.3) is 5.91 Å².